The second kappa shape index (κ2) is 9.96. The summed E-state index contributed by atoms with van der Waals surface area (Å²) in [5.41, 5.74) is 1.94. The number of non-ortho nitro benzene ring substituents is 1. The van der Waals surface area contributed by atoms with Crippen molar-refractivity contribution in [2.24, 2.45) is 5.92 Å². The smallest absolute Gasteiger partial charge is 0.315 e. The van der Waals surface area contributed by atoms with E-state index in [2.05, 4.69) is 11.4 Å². The number of ether oxygens (including phenoxy) is 1. The lowest BCUT2D eigenvalue weighted by Gasteiger charge is -2.34. The number of esters is 1. The summed E-state index contributed by atoms with van der Waals surface area (Å²) in [5, 5.41) is 26.1. The molecule has 0 spiro atoms. The van der Waals surface area contributed by atoms with Gasteiger partial charge in [-0.05, 0) is 37.0 Å². The molecule has 0 radical (unpaired) electrons. The highest BCUT2D eigenvalue weighted by Gasteiger charge is 2.41. The van der Waals surface area contributed by atoms with Crippen LogP contribution in [0, 0.1) is 27.4 Å². The molecular formula is C23H21N3O4S. The van der Waals surface area contributed by atoms with Crippen molar-refractivity contribution in [3.8, 4) is 6.07 Å². The normalized spacial score (nSPS) is 19.5. The Bertz CT molecular complexity index is 1090. The second-order valence-electron chi connectivity index (χ2n) is 6.84. The van der Waals surface area contributed by atoms with Gasteiger partial charge in [0.2, 0.25) is 0 Å². The first-order chi connectivity index (χ1) is 15.0. The van der Waals surface area contributed by atoms with Crippen molar-refractivity contribution >= 4 is 23.4 Å². The molecule has 2 atom stereocenters. The van der Waals surface area contributed by atoms with Gasteiger partial charge in [-0.15, -0.1) is 0 Å². The summed E-state index contributed by atoms with van der Waals surface area (Å²) in [4.78, 5) is 24.8. The van der Waals surface area contributed by atoms with Gasteiger partial charge in [-0.1, -0.05) is 42.1 Å². The van der Waals surface area contributed by atoms with Crippen molar-refractivity contribution < 1.29 is 14.5 Å². The van der Waals surface area contributed by atoms with E-state index in [0.717, 1.165) is 4.90 Å². The third-order valence-electron chi connectivity index (χ3n) is 4.88. The zero-order valence-electron chi connectivity index (χ0n) is 17.1. The van der Waals surface area contributed by atoms with Crippen molar-refractivity contribution in [1.29, 1.82) is 5.26 Å². The molecule has 2 aromatic carbocycles. The maximum absolute atomic E-state index is 13.0. The van der Waals surface area contributed by atoms with Crippen LogP contribution in [0.2, 0.25) is 0 Å². The monoisotopic (exact) mass is 435 g/mol. The Morgan fingerprint density at radius 3 is 2.68 bits per heavy atom. The summed E-state index contributed by atoms with van der Waals surface area (Å²) in [7, 11) is 0. The minimum atomic E-state index is -0.837. The molecule has 1 aliphatic rings. The Morgan fingerprint density at radius 1 is 1.29 bits per heavy atom. The van der Waals surface area contributed by atoms with Crippen molar-refractivity contribution in [2.45, 2.75) is 24.7 Å². The molecule has 0 fully saturated rings. The van der Waals surface area contributed by atoms with Crippen molar-refractivity contribution in [3.63, 3.8) is 0 Å². The number of carbonyl (C=O) groups is 1. The van der Waals surface area contributed by atoms with Gasteiger partial charge in [0.15, 0.2) is 0 Å². The zero-order valence-corrected chi connectivity index (χ0v) is 17.9. The standard InChI is InChI=1S/C23H21N3O4S/c1-3-30-23(27)22-20(14-31-18-10-5-4-6-11-18)25-15(2)19(13-24)21(22)16-8-7-9-17(12-16)26(28)29/h4-12,14,21-22,25H,3H2,1-2H3/b20-14-/t21-,22-/m1/s1. The maximum Gasteiger partial charge on any atom is 0.315 e. The molecule has 0 amide bonds. The molecular weight excluding hydrogens is 414 g/mol. The van der Waals surface area contributed by atoms with E-state index in [1.165, 1.54) is 23.9 Å². The van der Waals surface area contributed by atoms with Crippen LogP contribution in [-0.4, -0.2) is 17.5 Å². The Morgan fingerprint density at radius 2 is 2.03 bits per heavy atom. The van der Waals surface area contributed by atoms with Crippen LogP contribution in [0.4, 0.5) is 5.69 Å². The molecule has 0 saturated heterocycles. The summed E-state index contributed by atoms with van der Waals surface area (Å²) in [5.74, 6) is -2.03. The van der Waals surface area contributed by atoms with E-state index in [-0.39, 0.29) is 12.3 Å². The van der Waals surface area contributed by atoms with E-state index in [9.17, 15) is 20.2 Å². The third kappa shape index (κ3) is 4.95. The molecule has 1 heterocycles. The number of hydrogen-bond donors (Lipinski definition) is 1. The van der Waals surface area contributed by atoms with Gasteiger partial charge in [-0.25, -0.2) is 0 Å². The molecule has 0 unspecified atom stereocenters. The lowest BCUT2D eigenvalue weighted by molar-refractivity contribution is -0.384. The number of nitrogens with one attached hydrogen (secondary N) is 1. The average Bonchev–Trinajstić information content (AvgIpc) is 2.78. The van der Waals surface area contributed by atoms with E-state index in [4.69, 9.17) is 4.74 Å². The molecule has 158 valence electrons. The number of carbonyl (C=O) groups excluding carboxylic acids is 1. The largest absolute Gasteiger partial charge is 0.465 e. The minimum absolute atomic E-state index is 0.0993. The molecule has 0 aliphatic carbocycles. The summed E-state index contributed by atoms with van der Waals surface area (Å²) in [6, 6.07) is 17.9. The number of nitrogens with zero attached hydrogens (tertiary/aromatic N) is 2. The lowest BCUT2D eigenvalue weighted by Crippen LogP contribution is -2.37. The highest BCUT2D eigenvalue weighted by atomic mass is 32.2. The van der Waals surface area contributed by atoms with Gasteiger partial charge in [0.25, 0.3) is 5.69 Å². The van der Waals surface area contributed by atoms with Gasteiger partial charge in [-0.2, -0.15) is 5.26 Å². The third-order valence-corrected chi connectivity index (χ3v) is 5.80. The summed E-state index contributed by atoms with van der Waals surface area (Å²) < 4.78 is 5.33. The second-order valence-corrected chi connectivity index (χ2v) is 7.78. The molecule has 0 saturated carbocycles. The summed E-state index contributed by atoms with van der Waals surface area (Å²) >= 11 is 1.44. The first-order valence-corrected chi connectivity index (χ1v) is 10.5. The molecule has 2 aromatic rings. The molecule has 0 aromatic heterocycles. The molecule has 7 nitrogen and oxygen atoms in total. The highest BCUT2D eigenvalue weighted by molar-refractivity contribution is 8.02. The number of allylic oxidation sites excluding steroid dienone is 2. The van der Waals surface area contributed by atoms with Gasteiger partial charge in [0.05, 0.1) is 23.2 Å². The van der Waals surface area contributed by atoms with Crippen molar-refractivity contribution in [2.75, 3.05) is 6.61 Å². The fraction of sp³-hybridized carbons (Fsp3) is 0.217. The number of rotatable bonds is 6. The number of nitro groups is 1. The number of thioether (sulfide) groups is 1. The molecule has 8 heteroatoms. The van der Waals surface area contributed by atoms with E-state index < -0.39 is 22.7 Å². The fourth-order valence-corrected chi connectivity index (χ4v) is 4.30. The number of nitro benzene ring substituents is 1. The molecule has 0 bridgehead atoms. The van der Waals surface area contributed by atoms with E-state index in [1.54, 1.807) is 26.0 Å². The maximum atomic E-state index is 13.0. The molecule has 1 aliphatic heterocycles. The van der Waals surface area contributed by atoms with Crippen LogP contribution in [-0.2, 0) is 9.53 Å². The zero-order chi connectivity index (χ0) is 22.4. The number of nitriles is 1. The Balaban J connectivity index is 2.13. The summed E-state index contributed by atoms with van der Waals surface area (Å²) in [6.07, 6.45) is 0. The van der Waals surface area contributed by atoms with Crippen LogP contribution in [0.5, 0.6) is 0 Å². The number of benzene rings is 2. The van der Waals surface area contributed by atoms with E-state index in [1.807, 2.05) is 35.7 Å². The minimum Gasteiger partial charge on any atom is -0.465 e. The predicted molar refractivity (Wildman–Crippen MR) is 118 cm³/mol. The first kappa shape index (κ1) is 22.1. The van der Waals surface area contributed by atoms with Crippen LogP contribution >= 0.6 is 11.8 Å². The molecule has 31 heavy (non-hydrogen) atoms. The van der Waals surface area contributed by atoms with Crippen LogP contribution in [0.1, 0.15) is 25.3 Å². The van der Waals surface area contributed by atoms with E-state index in [0.29, 0.717) is 22.5 Å². The number of hydrogen-bond acceptors (Lipinski definition) is 7. The Labute approximate surface area is 184 Å². The quantitative estimate of drug-likeness (QED) is 0.298. The van der Waals surface area contributed by atoms with Crippen LogP contribution in [0.25, 0.3) is 0 Å². The van der Waals surface area contributed by atoms with Gasteiger partial charge >= 0.3 is 5.97 Å². The van der Waals surface area contributed by atoms with Crippen LogP contribution in [0.3, 0.4) is 0 Å². The molecule has 1 N–H and O–H groups in total. The van der Waals surface area contributed by atoms with Gasteiger partial charge in [0.1, 0.15) is 5.92 Å². The van der Waals surface area contributed by atoms with Crippen molar-refractivity contribution in [1.82, 2.24) is 5.32 Å². The van der Waals surface area contributed by atoms with Gasteiger partial charge < -0.3 is 10.1 Å². The SMILES string of the molecule is CCOC(=O)[C@@H]1/C(=C/Sc2ccccc2)NC(C)=C(C#N)[C@H]1c1cccc([N+](=O)[O-])c1. The first-order valence-electron chi connectivity index (χ1n) is 9.66. The average molecular weight is 436 g/mol. The molecule has 3 rings (SSSR count). The van der Waals surface area contributed by atoms with Gasteiger partial charge in [-0.3, -0.25) is 14.9 Å². The van der Waals surface area contributed by atoms with Crippen LogP contribution in [0.15, 0.2) is 81.9 Å². The lowest BCUT2D eigenvalue weighted by atomic mass is 9.76. The fourth-order valence-electron chi connectivity index (χ4n) is 3.51. The Hall–Kier alpha value is -3.57. The summed E-state index contributed by atoms with van der Waals surface area (Å²) in [6.45, 7) is 3.65. The highest BCUT2D eigenvalue weighted by Crippen LogP contribution is 2.42. The van der Waals surface area contributed by atoms with E-state index >= 15 is 0 Å². The topological polar surface area (TPSA) is 105 Å². The van der Waals surface area contributed by atoms with Gasteiger partial charge in [0, 0.05) is 34.3 Å². The van der Waals surface area contributed by atoms with Crippen molar-refractivity contribution in [3.05, 3.63) is 92.7 Å². The predicted octanol–water partition coefficient (Wildman–Crippen LogP) is 4.89. The Kier molecular flexibility index (Phi) is 7.11. The van der Waals surface area contributed by atoms with Crippen LogP contribution < -0.4 is 5.32 Å².